The average molecular weight is 366 g/mol. The molecule has 0 radical (unpaired) electrons. The van der Waals surface area contributed by atoms with Crippen molar-refractivity contribution in [2.45, 2.75) is 12.8 Å². The van der Waals surface area contributed by atoms with Gasteiger partial charge >= 0.3 is 0 Å². The Morgan fingerprint density at radius 1 is 1.33 bits per heavy atom. The van der Waals surface area contributed by atoms with Gasteiger partial charge in [-0.1, -0.05) is 6.07 Å². The van der Waals surface area contributed by atoms with Gasteiger partial charge in [-0.2, -0.15) is 0 Å². The van der Waals surface area contributed by atoms with Crippen LogP contribution in [0.2, 0.25) is 0 Å². The molecular weight excluding hydrogens is 354 g/mol. The minimum atomic E-state index is -0.0707. The van der Waals surface area contributed by atoms with Crippen molar-refractivity contribution < 1.29 is 14.3 Å². The van der Waals surface area contributed by atoms with Crippen molar-refractivity contribution in [1.82, 2.24) is 0 Å². The lowest BCUT2D eigenvalue weighted by Crippen LogP contribution is -2.19. The first-order valence-electron chi connectivity index (χ1n) is 6.45. The van der Waals surface area contributed by atoms with Gasteiger partial charge in [-0.05, 0) is 45.4 Å². The molecular formula is C15H12BrNO3S. The number of anilines is 1. The highest BCUT2D eigenvalue weighted by molar-refractivity contribution is 9.10. The van der Waals surface area contributed by atoms with E-state index in [0.29, 0.717) is 17.0 Å². The standard InChI is InChI=1S/C15H12BrNO3S/c16-11-5-6-21-15(11)13(18)8-20-10-3-1-9-2-4-14(19)17-12(9)7-10/h1,3,5-7H,2,4,8H2,(H,17,19). The first-order valence-corrected chi connectivity index (χ1v) is 8.12. The largest absolute Gasteiger partial charge is 0.485 e. The molecule has 21 heavy (non-hydrogen) atoms. The molecule has 0 saturated carbocycles. The summed E-state index contributed by atoms with van der Waals surface area (Å²) in [5, 5.41) is 4.67. The molecule has 0 spiro atoms. The van der Waals surface area contributed by atoms with Gasteiger partial charge in [0.1, 0.15) is 5.75 Å². The number of rotatable bonds is 4. The van der Waals surface area contributed by atoms with Crippen LogP contribution in [0.3, 0.4) is 0 Å². The number of thiophene rings is 1. The number of aryl methyl sites for hydroxylation is 1. The van der Waals surface area contributed by atoms with Gasteiger partial charge in [-0.25, -0.2) is 0 Å². The highest BCUT2D eigenvalue weighted by Crippen LogP contribution is 2.28. The second-order valence-electron chi connectivity index (χ2n) is 4.68. The zero-order valence-corrected chi connectivity index (χ0v) is 13.4. The number of Topliss-reactive ketones (excluding diaryl/α,β-unsaturated/α-hetero) is 1. The number of hydrogen-bond acceptors (Lipinski definition) is 4. The van der Waals surface area contributed by atoms with Crippen LogP contribution < -0.4 is 10.1 Å². The summed E-state index contributed by atoms with van der Waals surface area (Å²) in [6, 6.07) is 7.36. The fourth-order valence-corrected chi connectivity index (χ4v) is 3.67. The number of carbonyl (C=O) groups is 2. The third kappa shape index (κ3) is 3.16. The van der Waals surface area contributed by atoms with Gasteiger partial charge in [-0.15, -0.1) is 11.3 Å². The predicted octanol–water partition coefficient (Wildman–Crippen LogP) is 3.66. The number of nitrogens with one attached hydrogen (secondary N) is 1. The van der Waals surface area contributed by atoms with E-state index in [0.717, 1.165) is 22.1 Å². The van der Waals surface area contributed by atoms with Crippen molar-refractivity contribution in [3.8, 4) is 5.75 Å². The van der Waals surface area contributed by atoms with Crippen molar-refractivity contribution in [3.63, 3.8) is 0 Å². The molecule has 0 fully saturated rings. The topological polar surface area (TPSA) is 55.4 Å². The van der Waals surface area contributed by atoms with E-state index in [1.54, 1.807) is 6.07 Å². The van der Waals surface area contributed by atoms with Crippen molar-refractivity contribution in [2.75, 3.05) is 11.9 Å². The number of halogens is 1. The fourth-order valence-electron chi connectivity index (χ4n) is 2.15. The molecule has 1 aliphatic heterocycles. The molecule has 1 amide bonds. The van der Waals surface area contributed by atoms with Crippen LogP contribution in [0.1, 0.15) is 21.7 Å². The first-order chi connectivity index (χ1) is 10.1. The Hall–Kier alpha value is -1.66. The maximum Gasteiger partial charge on any atom is 0.224 e. The minimum absolute atomic E-state index is 0.0123. The van der Waals surface area contributed by atoms with Gasteiger partial charge in [0.25, 0.3) is 0 Å². The molecule has 3 rings (SSSR count). The minimum Gasteiger partial charge on any atom is -0.485 e. The van der Waals surface area contributed by atoms with Crippen LogP contribution in [0.4, 0.5) is 5.69 Å². The third-order valence-corrected chi connectivity index (χ3v) is 5.10. The van der Waals surface area contributed by atoms with Crippen LogP contribution in [0.25, 0.3) is 0 Å². The summed E-state index contributed by atoms with van der Waals surface area (Å²) >= 11 is 4.72. The molecule has 2 heterocycles. The van der Waals surface area contributed by atoms with E-state index < -0.39 is 0 Å². The van der Waals surface area contributed by atoms with Crippen LogP contribution in [0.5, 0.6) is 5.75 Å². The van der Waals surface area contributed by atoms with Crippen molar-refractivity contribution >= 4 is 44.6 Å². The van der Waals surface area contributed by atoms with Gasteiger partial charge < -0.3 is 10.1 Å². The van der Waals surface area contributed by atoms with Crippen molar-refractivity contribution in [3.05, 3.63) is 44.6 Å². The smallest absolute Gasteiger partial charge is 0.224 e. The van der Waals surface area contributed by atoms with Crippen molar-refractivity contribution in [2.24, 2.45) is 0 Å². The number of benzene rings is 1. The van der Waals surface area contributed by atoms with Gasteiger partial charge in [0, 0.05) is 22.6 Å². The zero-order valence-electron chi connectivity index (χ0n) is 11.0. The third-order valence-electron chi connectivity index (χ3n) is 3.22. The number of ketones is 1. The zero-order chi connectivity index (χ0) is 14.8. The molecule has 1 aromatic heterocycles. The van der Waals surface area contributed by atoms with E-state index in [1.165, 1.54) is 11.3 Å². The normalized spacial score (nSPS) is 13.5. The van der Waals surface area contributed by atoms with E-state index in [4.69, 9.17) is 4.74 Å². The summed E-state index contributed by atoms with van der Waals surface area (Å²) in [6.07, 6.45) is 1.25. The van der Waals surface area contributed by atoms with Crippen LogP contribution in [-0.4, -0.2) is 18.3 Å². The number of hydrogen-bond donors (Lipinski definition) is 1. The van der Waals surface area contributed by atoms with E-state index in [9.17, 15) is 9.59 Å². The predicted molar refractivity (Wildman–Crippen MR) is 85.2 cm³/mol. The molecule has 1 aromatic carbocycles. The molecule has 0 saturated heterocycles. The lowest BCUT2D eigenvalue weighted by atomic mass is 10.0. The Kier molecular flexibility index (Phi) is 4.07. The van der Waals surface area contributed by atoms with Crippen LogP contribution >= 0.6 is 27.3 Å². The first kappa shape index (κ1) is 14.3. The Morgan fingerprint density at radius 3 is 2.95 bits per heavy atom. The molecule has 6 heteroatoms. The van der Waals surface area contributed by atoms with Gasteiger partial charge in [0.15, 0.2) is 6.61 Å². The van der Waals surface area contributed by atoms with Crippen molar-refractivity contribution in [1.29, 1.82) is 0 Å². The number of fused-ring (bicyclic) bond motifs is 1. The quantitative estimate of drug-likeness (QED) is 0.841. The summed E-state index contributed by atoms with van der Waals surface area (Å²) in [5.74, 6) is 0.522. The Labute approximate surface area is 134 Å². The Bertz CT molecular complexity index is 711. The number of amides is 1. The Balaban J connectivity index is 1.69. The monoisotopic (exact) mass is 365 g/mol. The van der Waals surface area contributed by atoms with E-state index in [2.05, 4.69) is 21.2 Å². The molecule has 0 atom stereocenters. The summed E-state index contributed by atoms with van der Waals surface area (Å²) in [4.78, 5) is 24.1. The lowest BCUT2D eigenvalue weighted by molar-refractivity contribution is -0.116. The van der Waals surface area contributed by atoms with Crippen LogP contribution in [0.15, 0.2) is 34.1 Å². The van der Waals surface area contributed by atoms with Gasteiger partial charge in [0.2, 0.25) is 11.7 Å². The van der Waals surface area contributed by atoms with Crippen LogP contribution in [0, 0.1) is 0 Å². The number of ether oxygens (including phenoxy) is 1. The average Bonchev–Trinajstić information content (AvgIpc) is 2.90. The fraction of sp³-hybridized carbons (Fsp3) is 0.200. The molecule has 4 nitrogen and oxygen atoms in total. The molecule has 108 valence electrons. The maximum atomic E-state index is 12.0. The molecule has 1 N–H and O–H groups in total. The molecule has 0 unspecified atom stereocenters. The van der Waals surface area contributed by atoms with E-state index >= 15 is 0 Å². The Morgan fingerprint density at radius 2 is 2.19 bits per heavy atom. The molecule has 1 aliphatic rings. The highest BCUT2D eigenvalue weighted by atomic mass is 79.9. The molecule has 0 aliphatic carbocycles. The summed E-state index contributed by atoms with van der Waals surface area (Å²) in [5.41, 5.74) is 1.86. The second kappa shape index (κ2) is 5.99. The van der Waals surface area contributed by atoms with E-state index in [1.807, 2.05) is 23.6 Å². The summed E-state index contributed by atoms with van der Waals surface area (Å²) in [6.45, 7) is -0.0220. The van der Waals surface area contributed by atoms with Crippen LogP contribution in [-0.2, 0) is 11.2 Å². The van der Waals surface area contributed by atoms with Gasteiger partial charge in [-0.3, -0.25) is 9.59 Å². The number of carbonyl (C=O) groups excluding carboxylic acids is 2. The highest BCUT2D eigenvalue weighted by Gasteiger charge is 2.16. The lowest BCUT2D eigenvalue weighted by Gasteiger charge is -2.17. The second-order valence-corrected chi connectivity index (χ2v) is 6.45. The summed E-state index contributed by atoms with van der Waals surface area (Å²) in [7, 11) is 0. The molecule has 0 bridgehead atoms. The summed E-state index contributed by atoms with van der Waals surface area (Å²) < 4.78 is 6.32. The van der Waals surface area contributed by atoms with E-state index in [-0.39, 0.29) is 18.3 Å². The SMILES string of the molecule is O=C1CCc2ccc(OCC(=O)c3sccc3Br)cc2N1. The molecule has 2 aromatic rings. The maximum absolute atomic E-state index is 12.0. The van der Waals surface area contributed by atoms with Gasteiger partial charge in [0.05, 0.1) is 4.88 Å².